The Kier molecular flexibility index (Phi) is 3.79. The van der Waals surface area contributed by atoms with Crippen LogP contribution in [0.4, 0.5) is 10.1 Å². The van der Waals surface area contributed by atoms with E-state index < -0.39 is 11.7 Å². The van der Waals surface area contributed by atoms with Crippen molar-refractivity contribution < 1.29 is 19.1 Å². The van der Waals surface area contributed by atoms with Gasteiger partial charge in [0.05, 0.1) is 5.92 Å². The van der Waals surface area contributed by atoms with E-state index in [2.05, 4.69) is 10.6 Å². The zero-order valence-corrected chi connectivity index (χ0v) is 13.3. The number of carbonyl (C=O) groups excluding carboxylic acids is 2. The number of halogens is 1. The lowest BCUT2D eigenvalue weighted by Gasteiger charge is -2.33. The molecule has 1 heterocycles. The average molecular weight is 332 g/mol. The Labute approximate surface area is 139 Å². The van der Waals surface area contributed by atoms with Gasteiger partial charge in [-0.05, 0) is 48.8 Å². The predicted molar refractivity (Wildman–Crippen MR) is 85.7 cm³/mol. The van der Waals surface area contributed by atoms with Crippen LogP contribution in [0.3, 0.4) is 0 Å². The van der Waals surface area contributed by atoms with Gasteiger partial charge in [-0.3, -0.25) is 9.59 Å². The van der Waals surface area contributed by atoms with Gasteiger partial charge in [-0.2, -0.15) is 0 Å². The van der Waals surface area contributed by atoms with E-state index in [1.165, 1.54) is 12.1 Å². The molecule has 1 aliphatic heterocycles. The quantitative estimate of drug-likeness (QED) is 0.789. The van der Waals surface area contributed by atoms with Crippen molar-refractivity contribution >= 4 is 17.5 Å². The van der Waals surface area contributed by atoms with E-state index in [1.807, 2.05) is 0 Å². The van der Waals surface area contributed by atoms with E-state index in [0.717, 1.165) is 19.3 Å². The molecule has 2 fully saturated rings. The SMILES string of the molecule is O=C1CC(C(=O)NC2C3CCC(C3)C2CO)c2ccc(F)cc2N1. The Morgan fingerprint density at radius 2 is 2.12 bits per heavy atom. The maximum absolute atomic E-state index is 13.4. The summed E-state index contributed by atoms with van der Waals surface area (Å²) in [7, 11) is 0. The second-order valence-electron chi connectivity index (χ2n) is 7.25. The molecule has 0 radical (unpaired) electrons. The lowest BCUT2D eigenvalue weighted by Crippen LogP contribution is -2.47. The second kappa shape index (κ2) is 5.84. The molecule has 128 valence electrons. The van der Waals surface area contributed by atoms with Crippen LogP contribution in [-0.4, -0.2) is 29.6 Å². The lowest BCUT2D eigenvalue weighted by atomic mass is 9.83. The number of benzene rings is 1. The number of hydrogen-bond donors (Lipinski definition) is 3. The molecule has 4 rings (SSSR count). The Hall–Kier alpha value is -1.95. The van der Waals surface area contributed by atoms with Crippen molar-refractivity contribution in [1.82, 2.24) is 5.32 Å². The highest BCUT2D eigenvalue weighted by molar-refractivity contribution is 6.01. The highest BCUT2D eigenvalue weighted by Gasteiger charge is 2.48. The van der Waals surface area contributed by atoms with Crippen LogP contribution in [0.2, 0.25) is 0 Å². The van der Waals surface area contributed by atoms with Gasteiger partial charge >= 0.3 is 0 Å². The lowest BCUT2D eigenvalue weighted by molar-refractivity contribution is -0.127. The smallest absolute Gasteiger partial charge is 0.228 e. The summed E-state index contributed by atoms with van der Waals surface area (Å²) in [5, 5.41) is 15.4. The van der Waals surface area contributed by atoms with E-state index in [-0.39, 0.29) is 36.8 Å². The maximum atomic E-state index is 13.4. The summed E-state index contributed by atoms with van der Waals surface area (Å²) in [6.45, 7) is 0.0824. The number of rotatable bonds is 3. The number of carbonyl (C=O) groups is 2. The fourth-order valence-electron chi connectivity index (χ4n) is 4.83. The highest BCUT2D eigenvalue weighted by Crippen LogP contribution is 2.48. The van der Waals surface area contributed by atoms with Gasteiger partial charge in [-0.1, -0.05) is 6.07 Å². The minimum Gasteiger partial charge on any atom is -0.396 e. The molecule has 0 aromatic heterocycles. The number of amides is 2. The third-order valence-corrected chi connectivity index (χ3v) is 5.98. The van der Waals surface area contributed by atoms with E-state index in [1.54, 1.807) is 6.07 Å². The number of nitrogens with one attached hydrogen (secondary N) is 2. The summed E-state index contributed by atoms with van der Waals surface area (Å²) in [5.74, 6) is -0.509. The van der Waals surface area contributed by atoms with Crippen molar-refractivity contribution in [2.75, 3.05) is 11.9 Å². The monoisotopic (exact) mass is 332 g/mol. The summed E-state index contributed by atoms with van der Waals surface area (Å²) < 4.78 is 13.4. The van der Waals surface area contributed by atoms with Crippen LogP contribution in [-0.2, 0) is 9.59 Å². The molecule has 0 spiro atoms. The molecule has 5 unspecified atom stereocenters. The largest absolute Gasteiger partial charge is 0.396 e. The van der Waals surface area contributed by atoms with Crippen molar-refractivity contribution in [3.05, 3.63) is 29.6 Å². The fraction of sp³-hybridized carbons (Fsp3) is 0.556. The van der Waals surface area contributed by atoms with Gasteiger partial charge in [0.25, 0.3) is 0 Å². The normalized spacial score (nSPS) is 33.9. The van der Waals surface area contributed by atoms with Crippen LogP contribution in [0.25, 0.3) is 0 Å². The van der Waals surface area contributed by atoms with E-state index in [4.69, 9.17) is 0 Å². The standard InChI is InChI=1S/C18H21FN2O3/c19-11-3-4-12-13(7-16(23)20-15(12)6-11)18(24)21-17-10-2-1-9(5-10)14(17)8-22/h3-4,6,9-10,13-14,17,22H,1-2,5,7-8H2,(H,20,23)(H,21,24). The van der Waals surface area contributed by atoms with Crippen LogP contribution in [0.1, 0.15) is 37.2 Å². The molecule has 2 saturated carbocycles. The number of hydrogen-bond acceptors (Lipinski definition) is 3. The number of aliphatic hydroxyl groups excluding tert-OH is 1. The zero-order chi connectivity index (χ0) is 16.8. The van der Waals surface area contributed by atoms with Gasteiger partial charge in [-0.25, -0.2) is 4.39 Å². The Bertz CT molecular complexity index is 693. The molecule has 3 aliphatic rings. The van der Waals surface area contributed by atoms with Crippen LogP contribution >= 0.6 is 0 Å². The molecule has 24 heavy (non-hydrogen) atoms. The molecular formula is C18H21FN2O3. The Balaban J connectivity index is 1.56. The van der Waals surface area contributed by atoms with E-state index in [0.29, 0.717) is 23.1 Å². The summed E-state index contributed by atoms with van der Waals surface area (Å²) in [5.41, 5.74) is 1.02. The van der Waals surface area contributed by atoms with Gasteiger partial charge in [0, 0.05) is 30.7 Å². The van der Waals surface area contributed by atoms with Crippen molar-refractivity contribution in [3.8, 4) is 0 Å². The first kappa shape index (κ1) is 15.6. The molecule has 1 aromatic carbocycles. The summed E-state index contributed by atoms with van der Waals surface area (Å²) >= 11 is 0. The molecule has 0 saturated heterocycles. The summed E-state index contributed by atoms with van der Waals surface area (Å²) in [6.07, 6.45) is 3.33. The van der Waals surface area contributed by atoms with Crippen LogP contribution < -0.4 is 10.6 Å². The summed E-state index contributed by atoms with van der Waals surface area (Å²) in [4.78, 5) is 24.7. The molecule has 5 atom stereocenters. The third kappa shape index (κ3) is 2.49. The van der Waals surface area contributed by atoms with Gasteiger partial charge < -0.3 is 15.7 Å². The van der Waals surface area contributed by atoms with Crippen LogP contribution in [0, 0.1) is 23.6 Å². The maximum Gasteiger partial charge on any atom is 0.228 e. The minimum atomic E-state index is -0.604. The third-order valence-electron chi connectivity index (χ3n) is 5.98. The molecule has 2 bridgehead atoms. The van der Waals surface area contributed by atoms with Gasteiger partial charge in [0.15, 0.2) is 0 Å². The number of aliphatic hydroxyl groups is 1. The van der Waals surface area contributed by atoms with Crippen LogP contribution in [0.15, 0.2) is 18.2 Å². The highest BCUT2D eigenvalue weighted by atomic mass is 19.1. The van der Waals surface area contributed by atoms with Gasteiger partial charge in [-0.15, -0.1) is 0 Å². The predicted octanol–water partition coefficient (Wildman–Crippen LogP) is 1.77. The zero-order valence-electron chi connectivity index (χ0n) is 13.3. The fourth-order valence-corrected chi connectivity index (χ4v) is 4.83. The molecule has 1 aromatic rings. The van der Waals surface area contributed by atoms with Crippen molar-refractivity contribution in [2.24, 2.45) is 17.8 Å². The topological polar surface area (TPSA) is 78.4 Å². The average Bonchev–Trinajstić information content (AvgIpc) is 3.14. The van der Waals surface area contributed by atoms with E-state index >= 15 is 0 Å². The molecule has 2 amide bonds. The molecule has 2 aliphatic carbocycles. The second-order valence-corrected chi connectivity index (χ2v) is 7.25. The van der Waals surface area contributed by atoms with E-state index in [9.17, 15) is 19.1 Å². The van der Waals surface area contributed by atoms with Gasteiger partial charge in [0.2, 0.25) is 11.8 Å². The molecule has 5 nitrogen and oxygen atoms in total. The molecular weight excluding hydrogens is 311 g/mol. The number of fused-ring (bicyclic) bond motifs is 3. The van der Waals surface area contributed by atoms with Gasteiger partial charge in [0.1, 0.15) is 5.82 Å². The molecule has 6 heteroatoms. The van der Waals surface area contributed by atoms with Crippen molar-refractivity contribution in [3.63, 3.8) is 0 Å². The number of anilines is 1. The van der Waals surface area contributed by atoms with Crippen molar-refractivity contribution in [1.29, 1.82) is 0 Å². The first-order valence-electron chi connectivity index (χ1n) is 8.57. The Morgan fingerprint density at radius 3 is 2.92 bits per heavy atom. The van der Waals surface area contributed by atoms with Crippen molar-refractivity contribution in [2.45, 2.75) is 37.6 Å². The molecule has 3 N–H and O–H groups in total. The first-order chi connectivity index (χ1) is 11.6. The summed E-state index contributed by atoms with van der Waals surface area (Å²) in [6, 6.07) is 4.11. The van der Waals surface area contributed by atoms with Crippen LogP contribution in [0.5, 0.6) is 0 Å². The first-order valence-corrected chi connectivity index (χ1v) is 8.57. The minimum absolute atomic E-state index is 0.0184. The Morgan fingerprint density at radius 1 is 1.33 bits per heavy atom.